The van der Waals surface area contributed by atoms with Crippen molar-refractivity contribution in [3.8, 4) is 0 Å². The smallest absolute Gasteiger partial charge is 0.316 e. The van der Waals surface area contributed by atoms with Crippen LogP contribution in [-0.2, 0) is 14.3 Å². The first-order valence-corrected chi connectivity index (χ1v) is 13.2. The molecule has 0 N–H and O–H groups in total. The lowest BCUT2D eigenvalue weighted by atomic mass is 9.47. The maximum absolute atomic E-state index is 13.1. The van der Waals surface area contributed by atoms with Gasteiger partial charge in [0.15, 0.2) is 5.78 Å². The highest BCUT2D eigenvalue weighted by molar-refractivity contribution is 6.02. The Hall–Kier alpha value is -0.860. The number of ketones is 1. The first-order chi connectivity index (χ1) is 14.6. The predicted molar refractivity (Wildman–Crippen MR) is 124 cm³/mol. The van der Waals surface area contributed by atoms with Crippen LogP contribution in [0.4, 0.5) is 0 Å². The Morgan fingerprint density at radius 3 is 2.39 bits per heavy atom. The molecule has 0 amide bonds. The molecule has 0 aliphatic heterocycles. The van der Waals surface area contributed by atoms with Gasteiger partial charge in [0.1, 0.15) is 5.92 Å². The van der Waals surface area contributed by atoms with Gasteiger partial charge in [0.25, 0.3) is 0 Å². The summed E-state index contributed by atoms with van der Waals surface area (Å²) in [6.07, 6.45) is 12.4. The molecule has 0 saturated heterocycles. The molecule has 4 saturated carbocycles. The zero-order valence-electron chi connectivity index (χ0n) is 20.9. The zero-order valence-corrected chi connectivity index (χ0v) is 20.9. The van der Waals surface area contributed by atoms with E-state index in [0.29, 0.717) is 11.3 Å². The Morgan fingerprint density at radius 2 is 1.71 bits per heavy atom. The summed E-state index contributed by atoms with van der Waals surface area (Å²) in [5.41, 5.74) is 0.479. The van der Waals surface area contributed by atoms with Gasteiger partial charge in [-0.1, -0.05) is 53.9 Å². The Kier molecular flexibility index (Phi) is 6.38. The lowest BCUT2D eigenvalue weighted by Gasteiger charge is -2.57. The topological polar surface area (TPSA) is 43.4 Å². The van der Waals surface area contributed by atoms with E-state index in [1.165, 1.54) is 58.5 Å². The Balaban J connectivity index is 1.50. The van der Waals surface area contributed by atoms with Crippen LogP contribution >= 0.6 is 0 Å². The Bertz CT molecular complexity index is 698. The minimum Gasteiger partial charge on any atom is -0.468 e. The van der Waals surface area contributed by atoms with E-state index >= 15 is 0 Å². The molecule has 4 fully saturated rings. The van der Waals surface area contributed by atoms with Gasteiger partial charge in [-0.2, -0.15) is 0 Å². The summed E-state index contributed by atoms with van der Waals surface area (Å²) in [6.45, 7) is 12.2. The molecule has 0 aromatic carbocycles. The van der Waals surface area contributed by atoms with Crippen LogP contribution in [0.2, 0.25) is 0 Å². The van der Waals surface area contributed by atoms with Gasteiger partial charge in [0.2, 0.25) is 0 Å². The standard InChI is InChI=1S/C28H46O3/c1-17(2)8-7-9-18(3)21-12-13-22-19-10-11-24-25(29)20(26(30)31-6)16-28(24,5)23(19)14-15-27(21,22)4/h17-24H,7-16H2,1-6H3/t18-,19+,20?,21-,22+,23+,24+,27-,28-/m1/s1. The molecule has 0 spiro atoms. The first-order valence-electron chi connectivity index (χ1n) is 13.2. The van der Waals surface area contributed by atoms with Gasteiger partial charge in [-0.05, 0) is 91.3 Å². The molecule has 4 rings (SSSR count). The highest BCUT2D eigenvalue weighted by atomic mass is 16.5. The lowest BCUT2D eigenvalue weighted by molar-refractivity contribution is -0.148. The quantitative estimate of drug-likeness (QED) is 0.348. The summed E-state index contributed by atoms with van der Waals surface area (Å²) >= 11 is 0. The molecule has 0 heterocycles. The van der Waals surface area contributed by atoms with Gasteiger partial charge in [-0.15, -0.1) is 0 Å². The SMILES string of the molecule is COC(=O)C1C[C@@]2(C)[C@@H](CC[C@@H]3[C@@H]2CC[C@]2(C)[C@@H]([C@H](C)CCCC(C)C)CC[C@@H]32)C1=O. The highest BCUT2D eigenvalue weighted by Crippen LogP contribution is 2.69. The maximum Gasteiger partial charge on any atom is 0.316 e. The fourth-order valence-electron chi connectivity index (χ4n) is 9.37. The highest BCUT2D eigenvalue weighted by Gasteiger charge is 2.64. The molecule has 3 heteroatoms. The number of rotatable bonds is 6. The number of hydrogen-bond donors (Lipinski definition) is 0. The Labute approximate surface area is 190 Å². The van der Waals surface area contributed by atoms with Crippen LogP contribution in [0.3, 0.4) is 0 Å². The van der Waals surface area contributed by atoms with E-state index in [1.54, 1.807) is 0 Å². The third-order valence-electron chi connectivity index (χ3n) is 10.9. The molecular weight excluding hydrogens is 384 g/mol. The van der Waals surface area contributed by atoms with Crippen LogP contribution in [0.15, 0.2) is 0 Å². The van der Waals surface area contributed by atoms with E-state index in [9.17, 15) is 9.59 Å². The van der Waals surface area contributed by atoms with Gasteiger partial charge >= 0.3 is 5.97 Å². The number of methoxy groups -OCH3 is 1. The molecule has 4 aliphatic carbocycles. The van der Waals surface area contributed by atoms with E-state index in [2.05, 4.69) is 34.6 Å². The third-order valence-corrected chi connectivity index (χ3v) is 10.9. The van der Waals surface area contributed by atoms with Crippen LogP contribution < -0.4 is 0 Å². The second-order valence-corrected chi connectivity index (χ2v) is 12.7. The minimum absolute atomic E-state index is 0.00114. The average Bonchev–Trinajstić information content (AvgIpc) is 3.21. The van der Waals surface area contributed by atoms with Crippen LogP contribution in [0, 0.1) is 58.2 Å². The summed E-state index contributed by atoms with van der Waals surface area (Å²) in [5, 5.41) is 0. The van der Waals surface area contributed by atoms with E-state index in [1.807, 2.05) is 0 Å². The number of hydrogen-bond acceptors (Lipinski definition) is 3. The largest absolute Gasteiger partial charge is 0.468 e. The second kappa shape index (κ2) is 8.49. The minimum atomic E-state index is -0.510. The van der Waals surface area contributed by atoms with Gasteiger partial charge in [-0.25, -0.2) is 0 Å². The molecule has 31 heavy (non-hydrogen) atoms. The van der Waals surface area contributed by atoms with Crippen LogP contribution in [0.5, 0.6) is 0 Å². The monoisotopic (exact) mass is 430 g/mol. The number of fused-ring (bicyclic) bond motifs is 5. The molecule has 176 valence electrons. The fraction of sp³-hybridized carbons (Fsp3) is 0.929. The molecule has 3 nitrogen and oxygen atoms in total. The molecular formula is C28H46O3. The molecule has 9 atom stereocenters. The van der Waals surface area contributed by atoms with E-state index < -0.39 is 5.92 Å². The summed E-state index contributed by atoms with van der Waals surface area (Å²) in [6, 6.07) is 0. The Morgan fingerprint density at radius 1 is 1.00 bits per heavy atom. The number of Topliss-reactive ketones (excluding diaryl/α,β-unsaturated/α-hetero) is 1. The van der Waals surface area contributed by atoms with Crippen molar-refractivity contribution >= 4 is 11.8 Å². The van der Waals surface area contributed by atoms with Crippen molar-refractivity contribution in [2.75, 3.05) is 7.11 Å². The van der Waals surface area contributed by atoms with Crippen molar-refractivity contribution in [3.63, 3.8) is 0 Å². The first kappa shape index (κ1) is 23.3. The van der Waals surface area contributed by atoms with Crippen molar-refractivity contribution in [1.82, 2.24) is 0 Å². The molecule has 1 unspecified atom stereocenters. The van der Waals surface area contributed by atoms with Crippen LogP contribution in [0.1, 0.15) is 98.8 Å². The number of esters is 1. The zero-order chi connectivity index (χ0) is 22.6. The van der Waals surface area contributed by atoms with Crippen molar-refractivity contribution in [2.24, 2.45) is 58.2 Å². The second-order valence-electron chi connectivity index (χ2n) is 12.7. The number of ether oxygens (including phenoxy) is 1. The van der Waals surface area contributed by atoms with Crippen LogP contribution in [-0.4, -0.2) is 18.9 Å². The lowest BCUT2D eigenvalue weighted by Crippen LogP contribution is -2.51. The summed E-state index contributed by atoms with van der Waals surface area (Å²) in [7, 11) is 1.43. The normalized spacial score (nSPS) is 45.2. The summed E-state index contributed by atoms with van der Waals surface area (Å²) < 4.78 is 5.00. The van der Waals surface area contributed by atoms with Gasteiger partial charge in [-0.3, -0.25) is 9.59 Å². The molecule has 0 bridgehead atoms. The maximum atomic E-state index is 13.1. The number of carbonyl (C=O) groups excluding carboxylic acids is 2. The van der Waals surface area contributed by atoms with Gasteiger partial charge in [0, 0.05) is 5.92 Å². The molecule has 4 aliphatic rings. The average molecular weight is 431 g/mol. The third kappa shape index (κ3) is 3.70. The van der Waals surface area contributed by atoms with Gasteiger partial charge < -0.3 is 4.74 Å². The van der Waals surface area contributed by atoms with Crippen molar-refractivity contribution < 1.29 is 14.3 Å². The molecule has 0 aromatic heterocycles. The molecule has 0 aromatic rings. The predicted octanol–water partition coefficient (Wildman–Crippen LogP) is 6.69. The molecule has 0 radical (unpaired) electrons. The van der Waals surface area contributed by atoms with Crippen molar-refractivity contribution in [3.05, 3.63) is 0 Å². The van der Waals surface area contributed by atoms with Gasteiger partial charge in [0.05, 0.1) is 7.11 Å². The van der Waals surface area contributed by atoms with E-state index in [4.69, 9.17) is 4.74 Å². The summed E-state index contributed by atoms with van der Waals surface area (Å²) in [4.78, 5) is 25.4. The van der Waals surface area contributed by atoms with Crippen molar-refractivity contribution in [2.45, 2.75) is 98.8 Å². The van der Waals surface area contributed by atoms with E-state index in [-0.39, 0.29) is 23.1 Å². The van der Waals surface area contributed by atoms with E-state index in [0.717, 1.165) is 42.4 Å². The van der Waals surface area contributed by atoms with Crippen LogP contribution in [0.25, 0.3) is 0 Å². The number of carbonyl (C=O) groups is 2. The summed E-state index contributed by atoms with van der Waals surface area (Å²) in [5.74, 6) is 4.13. The van der Waals surface area contributed by atoms with Crippen molar-refractivity contribution in [1.29, 1.82) is 0 Å². The fourth-order valence-corrected chi connectivity index (χ4v) is 9.37.